The molecule has 0 radical (unpaired) electrons. The van der Waals surface area contributed by atoms with Crippen LogP contribution in [0.3, 0.4) is 0 Å². The highest BCUT2D eigenvalue weighted by atomic mass is 16.5. The van der Waals surface area contributed by atoms with Crippen molar-refractivity contribution in [2.45, 2.75) is 6.42 Å². The van der Waals surface area contributed by atoms with Crippen molar-refractivity contribution in [1.29, 1.82) is 0 Å². The monoisotopic (exact) mass is 408 g/mol. The summed E-state index contributed by atoms with van der Waals surface area (Å²) in [5, 5.41) is 0. The molecule has 0 unspecified atom stereocenters. The van der Waals surface area contributed by atoms with Crippen LogP contribution < -0.4 is 9.80 Å². The van der Waals surface area contributed by atoms with Crippen LogP contribution in [0, 0.1) is 0 Å². The second-order valence-electron chi connectivity index (χ2n) is 7.46. The van der Waals surface area contributed by atoms with Crippen molar-refractivity contribution in [3.05, 3.63) is 41.9 Å². The molecule has 0 spiro atoms. The maximum absolute atomic E-state index is 13.2. The topological polar surface area (TPSA) is 96.5 Å². The summed E-state index contributed by atoms with van der Waals surface area (Å²) in [6.07, 6.45) is 1.93. The quantitative estimate of drug-likeness (QED) is 0.634. The lowest BCUT2D eigenvalue weighted by atomic mass is 10.1. The van der Waals surface area contributed by atoms with E-state index < -0.39 is 0 Å². The maximum atomic E-state index is 13.2. The first-order valence-corrected chi connectivity index (χ1v) is 10.3. The van der Waals surface area contributed by atoms with Crippen LogP contribution in [-0.4, -0.2) is 78.3 Å². The minimum absolute atomic E-state index is 0.0275. The Kier molecular flexibility index (Phi) is 5.29. The van der Waals surface area contributed by atoms with E-state index in [2.05, 4.69) is 24.8 Å². The highest BCUT2D eigenvalue weighted by molar-refractivity contribution is 5.97. The van der Waals surface area contributed by atoms with Crippen LogP contribution in [0.1, 0.15) is 16.1 Å². The Hall–Kier alpha value is -3.04. The number of aromatic nitrogens is 4. The number of ketones is 1. The number of carbonyl (C=O) groups excluding carboxylic acids is 1. The van der Waals surface area contributed by atoms with Gasteiger partial charge in [0.1, 0.15) is 11.5 Å². The Bertz CT molecular complexity index is 1000. The summed E-state index contributed by atoms with van der Waals surface area (Å²) < 4.78 is 10.9. The second kappa shape index (κ2) is 8.37. The van der Waals surface area contributed by atoms with Gasteiger partial charge in [-0.05, 0) is 17.7 Å². The third-order valence-electron chi connectivity index (χ3n) is 5.46. The van der Waals surface area contributed by atoms with Gasteiger partial charge in [0, 0.05) is 38.7 Å². The fourth-order valence-corrected chi connectivity index (χ4v) is 3.79. The van der Waals surface area contributed by atoms with Crippen LogP contribution in [0.5, 0.6) is 0 Å². The molecule has 2 fully saturated rings. The van der Waals surface area contributed by atoms with Crippen LogP contribution >= 0.6 is 0 Å². The van der Waals surface area contributed by atoms with Crippen molar-refractivity contribution >= 4 is 28.6 Å². The number of imidazole rings is 1. The lowest BCUT2D eigenvalue weighted by Crippen LogP contribution is -2.39. The minimum atomic E-state index is -0.0275. The molecule has 156 valence electrons. The molecule has 9 nitrogen and oxygen atoms in total. The van der Waals surface area contributed by atoms with Gasteiger partial charge in [-0.3, -0.25) is 4.79 Å². The van der Waals surface area contributed by atoms with Gasteiger partial charge in [-0.15, -0.1) is 0 Å². The first-order chi connectivity index (χ1) is 14.8. The zero-order valence-electron chi connectivity index (χ0n) is 16.7. The summed E-state index contributed by atoms with van der Waals surface area (Å²) in [4.78, 5) is 34.1. The van der Waals surface area contributed by atoms with Gasteiger partial charge in [0.15, 0.2) is 5.78 Å². The van der Waals surface area contributed by atoms with E-state index >= 15 is 0 Å². The molecule has 0 atom stereocenters. The molecule has 0 amide bonds. The molecule has 3 aromatic rings. The van der Waals surface area contributed by atoms with Gasteiger partial charge >= 0.3 is 0 Å². The van der Waals surface area contributed by atoms with E-state index in [0.717, 1.165) is 48.6 Å². The van der Waals surface area contributed by atoms with Crippen molar-refractivity contribution in [2.24, 2.45) is 0 Å². The molecular weight excluding hydrogens is 384 g/mol. The van der Waals surface area contributed by atoms with Crippen molar-refractivity contribution in [3.63, 3.8) is 0 Å². The second-order valence-corrected chi connectivity index (χ2v) is 7.46. The molecule has 1 N–H and O–H groups in total. The largest absolute Gasteiger partial charge is 0.378 e. The number of rotatable bonds is 5. The number of H-pyrrole nitrogens is 1. The summed E-state index contributed by atoms with van der Waals surface area (Å²) in [6, 6.07) is 7.64. The Balaban J connectivity index is 1.44. The third kappa shape index (κ3) is 3.99. The lowest BCUT2D eigenvalue weighted by Gasteiger charge is -2.31. The molecule has 4 heterocycles. The number of ether oxygens (including phenoxy) is 2. The van der Waals surface area contributed by atoms with Gasteiger partial charge in [-0.1, -0.05) is 6.07 Å². The third-order valence-corrected chi connectivity index (χ3v) is 5.46. The summed E-state index contributed by atoms with van der Waals surface area (Å²) in [5.74, 6) is 1.34. The first-order valence-electron chi connectivity index (χ1n) is 10.3. The number of nitrogens with one attached hydrogen (secondary N) is 1. The average Bonchev–Trinajstić information content (AvgIpc) is 3.28. The SMILES string of the molecule is O=C(Cc1ccc2nc[nH]c2c1)c1cc(N2CCOCC2)nc(N2CCOCC2)n1. The van der Waals surface area contributed by atoms with E-state index in [1.54, 1.807) is 6.33 Å². The number of anilines is 2. The highest BCUT2D eigenvalue weighted by Crippen LogP contribution is 2.21. The van der Waals surface area contributed by atoms with Crippen LogP contribution in [-0.2, 0) is 15.9 Å². The Morgan fingerprint density at radius 1 is 0.967 bits per heavy atom. The number of carbonyl (C=O) groups is 1. The first kappa shape index (κ1) is 19.0. The standard InChI is InChI=1S/C21H24N6O3/c28-19(12-15-1-2-16-17(11-15)23-14-22-16)18-13-20(26-3-7-29-8-4-26)25-21(24-18)27-5-9-30-10-6-27/h1-2,11,13-14H,3-10,12H2,(H,22,23). The molecule has 0 saturated carbocycles. The van der Waals surface area contributed by atoms with Crippen molar-refractivity contribution < 1.29 is 14.3 Å². The van der Waals surface area contributed by atoms with E-state index in [-0.39, 0.29) is 12.2 Å². The number of nitrogens with zero attached hydrogens (tertiary/aromatic N) is 5. The Morgan fingerprint density at radius 2 is 1.70 bits per heavy atom. The Labute approximate surface area is 174 Å². The number of hydrogen-bond donors (Lipinski definition) is 1. The van der Waals surface area contributed by atoms with Crippen molar-refractivity contribution in [2.75, 3.05) is 62.4 Å². The number of benzene rings is 1. The predicted octanol–water partition coefficient (Wildman–Crippen LogP) is 1.45. The smallest absolute Gasteiger partial charge is 0.228 e. The van der Waals surface area contributed by atoms with E-state index in [0.29, 0.717) is 38.1 Å². The normalized spacial score (nSPS) is 17.5. The van der Waals surface area contributed by atoms with Crippen molar-refractivity contribution in [1.82, 2.24) is 19.9 Å². The Morgan fingerprint density at radius 3 is 2.47 bits per heavy atom. The molecule has 2 saturated heterocycles. The van der Waals surface area contributed by atoms with Crippen molar-refractivity contribution in [3.8, 4) is 0 Å². The van der Waals surface area contributed by atoms with Gasteiger partial charge in [-0.25, -0.2) is 9.97 Å². The lowest BCUT2D eigenvalue weighted by molar-refractivity contribution is 0.0988. The van der Waals surface area contributed by atoms with Gasteiger partial charge in [0.05, 0.1) is 43.8 Å². The zero-order valence-corrected chi connectivity index (χ0v) is 16.7. The fourth-order valence-electron chi connectivity index (χ4n) is 3.79. The van der Waals surface area contributed by atoms with E-state index in [1.165, 1.54) is 0 Å². The van der Waals surface area contributed by atoms with Crippen LogP contribution in [0.25, 0.3) is 11.0 Å². The van der Waals surface area contributed by atoms with Crippen LogP contribution in [0.15, 0.2) is 30.6 Å². The predicted molar refractivity (Wildman–Crippen MR) is 112 cm³/mol. The minimum Gasteiger partial charge on any atom is -0.378 e. The van der Waals surface area contributed by atoms with Gasteiger partial charge in [0.25, 0.3) is 0 Å². The molecule has 2 aromatic heterocycles. The van der Waals surface area contributed by atoms with E-state index in [4.69, 9.17) is 14.5 Å². The number of Topliss-reactive ketones (excluding diaryl/α,β-unsaturated/α-hetero) is 1. The molecule has 30 heavy (non-hydrogen) atoms. The number of fused-ring (bicyclic) bond motifs is 1. The van der Waals surface area contributed by atoms with E-state index in [1.807, 2.05) is 24.3 Å². The molecule has 2 aliphatic rings. The number of aromatic amines is 1. The highest BCUT2D eigenvalue weighted by Gasteiger charge is 2.22. The van der Waals surface area contributed by atoms with E-state index in [9.17, 15) is 4.79 Å². The van der Waals surface area contributed by atoms with Gasteiger partial charge < -0.3 is 24.3 Å². The average molecular weight is 408 g/mol. The summed E-state index contributed by atoms with van der Waals surface area (Å²) >= 11 is 0. The number of morpholine rings is 2. The molecular formula is C21H24N6O3. The fraction of sp³-hybridized carbons (Fsp3) is 0.429. The molecule has 9 heteroatoms. The van der Waals surface area contributed by atoms with Gasteiger partial charge in [-0.2, -0.15) is 4.98 Å². The molecule has 5 rings (SSSR count). The molecule has 2 aliphatic heterocycles. The summed E-state index contributed by atoms with van der Waals surface area (Å²) in [6.45, 7) is 5.53. The molecule has 0 aliphatic carbocycles. The molecule has 1 aromatic carbocycles. The molecule has 0 bridgehead atoms. The van der Waals surface area contributed by atoms with Crippen LogP contribution in [0.4, 0.5) is 11.8 Å². The zero-order chi connectivity index (χ0) is 20.3. The van der Waals surface area contributed by atoms with Crippen LogP contribution in [0.2, 0.25) is 0 Å². The summed E-state index contributed by atoms with van der Waals surface area (Å²) in [7, 11) is 0. The maximum Gasteiger partial charge on any atom is 0.228 e. The van der Waals surface area contributed by atoms with Gasteiger partial charge in [0.2, 0.25) is 5.95 Å². The number of hydrogen-bond acceptors (Lipinski definition) is 8. The summed E-state index contributed by atoms with van der Waals surface area (Å²) in [5.41, 5.74) is 3.18.